The molecule has 3 aromatic carbocycles. The van der Waals surface area contributed by atoms with E-state index in [4.69, 9.17) is 25.3 Å². The third-order valence-electron chi connectivity index (χ3n) is 8.22. The lowest BCUT2D eigenvalue weighted by atomic mass is 9.78. The number of halogens is 3. The van der Waals surface area contributed by atoms with Crippen molar-refractivity contribution in [1.29, 1.82) is 0 Å². The molecule has 228 valence electrons. The SMILES string of the molecule is C/C1=C(/N)COCCCC(C)(c2cccc(Br)c2)c2nc(n(C)n2)-c2cc(ccc2F)Oc2c(F)cc3[nH]ccc3c2CN1. The summed E-state index contributed by atoms with van der Waals surface area (Å²) < 4.78 is 45.6. The van der Waals surface area contributed by atoms with Crippen LogP contribution in [-0.4, -0.2) is 33.0 Å². The highest BCUT2D eigenvalue weighted by atomic mass is 79.9. The van der Waals surface area contributed by atoms with Crippen molar-refractivity contribution in [3.8, 4) is 22.9 Å². The van der Waals surface area contributed by atoms with E-state index in [-0.39, 0.29) is 30.2 Å². The van der Waals surface area contributed by atoms with Crippen LogP contribution in [0.3, 0.4) is 0 Å². The predicted molar refractivity (Wildman–Crippen MR) is 169 cm³/mol. The Morgan fingerprint density at radius 1 is 1.09 bits per heavy atom. The number of nitrogens with zero attached hydrogens (tertiary/aromatic N) is 3. The van der Waals surface area contributed by atoms with E-state index < -0.39 is 17.0 Å². The number of rotatable bonds is 1. The molecule has 1 aliphatic rings. The lowest BCUT2D eigenvalue weighted by molar-refractivity contribution is 0.145. The van der Waals surface area contributed by atoms with Gasteiger partial charge in [-0.2, -0.15) is 5.10 Å². The van der Waals surface area contributed by atoms with Gasteiger partial charge in [-0.1, -0.05) is 28.1 Å². The Bertz CT molecular complexity index is 1880. The second-order valence-electron chi connectivity index (χ2n) is 11.2. The van der Waals surface area contributed by atoms with Gasteiger partial charge in [0, 0.05) is 59.1 Å². The number of aryl methyl sites for hydroxylation is 1. The van der Waals surface area contributed by atoms with Crippen molar-refractivity contribution in [2.24, 2.45) is 12.8 Å². The molecule has 4 bridgehead atoms. The van der Waals surface area contributed by atoms with Crippen LogP contribution in [0.25, 0.3) is 22.3 Å². The Morgan fingerprint density at radius 3 is 2.75 bits per heavy atom. The van der Waals surface area contributed by atoms with E-state index in [1.807, 2.05) is 37.3 Å². The van der Waals surface area contributed by atoms with E-state index in [1.165, 1.54) is 24.3 Å². The summed E-state index contributed by atoms with van der Waals surface area (Å²) in [7, 11) is 1.73. The van der Waals surface area contributed by atoms with Gasteiger partial charge in [0.15, 0.2) is 23.2 Å². The van der Waals surface area contributed by atoms with Crippen LogP contribution in [0.2, 0.25) is 0 Å². The first-order valence-corrected chi connectivity index (χ1v) is 15.1. The van der Waals surface area contributed by atoms with Gasteiger partial charge in [0.25, 0.3) is 0 Å². The summed E-state index contributed by atoms with van der Waals surface area (Å²) in [6.45, 7) is 4.86. The van der Waals surface area contributed by atoms with Crippen LogP contribution >= 0.6 is 15.9 Å². The Labute approximate surface area is 262 Å². The number of allylic oxidation sites excluding steroid dienone is 1. The third kappa shape index (κ3) is 5.69. The largest absolute Gasteiger partial charge is 0.454 e. The van der Waals surface area contributed by atoms with E-state index in [9.17, 15) is 0 Å². The number of fused-ring (bicyclic) bond motifs is 8. The number of nitrogens with two attached hydrogens (primary N) is 1. The van der Waals surface area contributed by atoms with Crippen molar-refractivity contribution in [2.75, 3.05) is 13.2 Å². The Balaban J connectivity index is 1.49. The third-order valence-corrected chi connectivity index (χ3v) is 8.71. The van der Waals surface area contributed by atoms with E-state index in [0.29, 0.717) is 47.9 Å². The summed E-state index contributed by atoms with van der Waals surface area (Å²) >= 11 is 3.59. The van der Waals surface area contributed by atoms with Gasteiger partial charge in [0.05, 0.1) is 23.3 Å². The molecule has 1 unspecified atom stereocenters. The monoisotopic (exact) mass is 662 g/mol. The molecule has 0 spiro atoms. The van der Waals surface area contributed by atoms with Crippen molar-refractivity contribution in [3.05, 3.63) is 105 Å². The number of aromatic amines is 1. The Morgan fingerprint density at radius 2 is 1.93 bits per heavy atom. The van der Waals surface area contributed by atoms with Crippen molar-refractivity contribution in [3.63, 3.8) is 0 Å². The average Bonchev–Trinajstić information content (AvgIpc) is 3.63. The van der Waals surface area contributed by atoms with Gasteiger partial charge in [0.1, 0.15) is 11.6 Å². The molecule has 8 nitrogen and oxygen atoms in total. The molecule has 0 saturated heterocycles. The lowest BCUT2D eigenvalue weighted by Gasteiger charge is -2.27. The predicted octanol–water partition coefficient (Wildman–Crippen LogP) is 7.19. The molecule has 1 atom stereocenters. The normalized spacial score (nSPS) is 19.8. The fraction of sp³-hybridized carbons (Fsp3) is 0.273. The first-order chi connectivity index (χ1) is 21.1. The second kappa shape index (κ2) is 12.0. The summed E-state index contributed by atoms with van der Waals surface area (Å²) in [5.74, 6) is 0.106. The number of benzene rings is 3. The van der Waals surface area contributed by atoms with Crippen LogP contribution in [0.1, 0.15) is 43.6 Å². The van der Waals surface area contributed by atoms with Crippen LogP contribution in [0.4, 0.5) is 8.78 Å². The molecule has 0 saturated carbocycles. The van der Waals surface area contributed by atoms with Gasteiger partial charge >= 0.3 is 0 Å². The summed E-state index contributed by atoms with van der Waals surface area (Å²) in [6, 6.07) is 15.6. The average molecular weight is 664 g/mol. The van der Waals surface area contributed by atoms with Crippen molar-refractivity contribution in [1.82, 2.24) is 25.1 Å². The van der Waals surface area contributed by atoms with Crippen LogP contribution in [0, 0.1) is 11.6 Å². The zero-order chi connectivity index (χ0) is 31.0. The van der Waals surface area contributed by atoms with Crippen molar-refractivity contribution < 1.29 is 18.3 Å². The molecule has 6 rings (SSSR count). The second-order valence-corrected chi connectivity index (χ2v) is 12.1. The Kier molecular flexibility index (Phi) is 8.17. The van der Waals surface area contributed by atoms with Crippen LogP contribution in [0.15, 0.2) is 76.7 Å². The fourth-order valence-electron chi connectivity index (χ4n) is 5.59. The zero-order valence-corrected chi connectivity index (χ0v) is 26.3. The van der Waals surface area contributed by atoms with Gasteiger partial charge in [-0.15, -0.1) is 0 Å². The zero-order valence-electron chi connectivity index (χ0n) is 24.7. The summed E-state index contributed by atoms with van der Waals surface area (Å²) in [5, 5.41) is 8.87. The standard InChI is InChI=1S/C33H33BrF2N6O2/c1-19-28(37)18-43-13-5-11-33(2,20-6-4-7-21(34)14-20)32-40-31(42(3)41-32)24-15-22(8-9-26(24)35)44-30-25(17-39-19)23-10-12-38-29(23)16-27(30)36/h4,6-10,12,14-16,38-39H,5,11,13,17-18,37H2,1-3H3/b28-19-. The van der Waals surface area contributed by atoms with Crippen LogP contribution < -0.4 is 15.8 Å². The van der Waals surface area contributed by atoms with Crippen molar-refractivity contribution in [2.45, 2.75) is 38.6 Å². The minimum absolute atomic E-state index is 0.0311. The minimum atomic E-state index is -0.612. The van der Waals surface area contributed by atoms with E-state index in [0.717, 1.165) is 21.1 Å². The number of aromatic nitrogens is 4. The van der Waals surface area contributed by atoms with Crippen molar-refractivity contribution >= 4 is 26.8 Å². The minimum Gasteiger partial charge on any atom is -0.454 e. The van der Waals surface area contributed by atoms with Gasteiger partial charge in [-0.05, 0) is 68.7 Å². The van der Waals surface area contributed by atoms with E-state index in [1.54, 1.807) is 17.9 Å². The molecule has 1 aliphatic heterocycles. The highest BCUT2D eigenvalue weighted by Crippen LogP contribution is 2.39. The highest BCUT2D eigenvalue weighted by Gasteiger charge is 2.34. The number of hydrogen-bond acceptors (Lipinski definition) is 6. The molecular formula is C33H33BrF2N6O2. The maximum atomic E-state index is 15.6. The molecule has 11 heteroatoms. The first kappa shape index (κ1) is 29.8. The molecule has 0 aliphatic carbocycles. The first-order valence-electron chi connectivity index (χ1n) is 14.3. The van der Waals surface area contributed by atoms with Gasteiger partial charge in [-0.25, -0.2) is 18.4 Å². The molecule has 2 aromatic heterocycles. The lowest BCUT2D eigenvalue weighted by Crippen LogP contribution is -2.26. The topological polar surface area (TPSA) is 103 Å². The number of ether oxygens (including phenoxy) is 2. The molecule has 0 radical (unpaired) electrons. The summed E-state index contributed by atoms with van der Waals surface area (Å²) in [4.78, 5) is 7.94. The molecule has 4 N–H and O–H groups in total. The molecule has 0 amide bonds. The smallest absolute Gasteiger partial charge is 0.168 e. The van der Waals surface area contributed by atoms with E-state index in [2.05, 4.69) is 33.2 Å². The molecular weight excluding hydrogens is 630 g/mol. The number of nitrogens with one attached hydrogen (secondary N) is 2. The summed E-state index contributed by atoms with van der Waals surface area (Å²) in [6.07, 6.45) is 3.11. The molecule has 0 fully saturated rings. The van der Waals surface area contributed by atoms with Crippen LogP contribution in [0.5, 0.6) is 11.5 Å². The maximum absolute atomic E-state index is 15.6. The number of H-pyrrole nitrogens is 1. The number of hydrogen-bond donors (Lipinski definition) is 3. The van der Waals surface area contributed by atoms with Crippen LogP contribution in [-0.2, 0) is 23.7 Å². The fourth-order valence-corrected chi connectivity index (χ4v) is 5.99. The molecule has 5 aromatic rings. The Hall–Kier alpha value is -4.22. The quantitative estimate of drug-likeness (QED) is 0.176. The molecule has 3 heterocycles. The van der Waals surface area contributed by atoms with E-state index >= 15 is 8.78 Å². The summed E-state index contributed by atoms with van der Waals surface area (Å²) in [5.41, 5.74) is 9.43. The maximum Gasteiger partial charge on any atom is 0.168 e. The van der Waals surface area contributed by atoms with Gasteiger partial charge < -0.3 is 25.5 Å². The van der Waals surface area contributed by atoms with Gasteiger partial charge in [-0.3, -0.25) is 0 Å². The van der Waals surface area contributed by atoms with Gasteiger partial charge in [0.2, 0.25) is 0 Å². The molecule has 44 heavy (non-hydrogen) atoms. The highest BCUT2D eigenvalue weighted by molar-refractivity contribution is 9.10.